The van der Waals surface area contributed by atoms with Crippen molar-refractivity contribution in [3.63, 3.8) is 0 Å². The lowest BCUT2D eigenvalue weighted by Crippen LogP contribution is -2.44. The van der Waals surface area contributed by atoms with E-state index in [-0.39, 0.29) is 17.7 Å². The van der Waals surface area contributed by atoms with Crippen LogP contribution in [-0.4, -0.2) is 39.7 Å². The van der Waals surface area contributed by atoms with Crippen LogP contribution in [0.4, 0.5) is 0 Å². The topological polar surface area (TPSA) is 53.5 Å². The molecule has 1 aliphatic rings. The van der Waals surface area contributed by atoms with Crippen molar-refractivity contribution >= 4 is 22.6 Å². The molecule has 0 radical (unpaired) electrons. The fraction of sp³-hybridized carbons (Fsp3) is 0.281. The van der Waals surface area contributed by atoms with Crippen LogP contribution in [0.5, 0.6) is 0 Å². The lowest BCUT2D eigenvalue weighted by atomic mass is 9.93. The molecule has 2 amide bonds. The maximum Gasteiger partial charge on any atom is 0.254 e. The number of piperidine rings is 1. The van der Waals surface area contributed by atoms with Gasteiger partial charge in [0.25, 0.3) is 5.91 Å². The number of likely N-dealkylation sites (tertiary alicyclic amines) is 1. The van der Waals surface area contributed by atoms with Crippen LogP contribution in [0.25, 0.3) is 10.8 Å². The van der Waals surface area contributed by atoms with Gasteiger partial charge in [-0.25, -0.2) is 0 Å². The molecule has 37 heavy (non-hydrogen) atoms. The Kier molecular flexibility index (Phi) is 7.59. The molecule has 1 saturated heterocycles. The molecular formula is C32H33N3O2. The average Bonchev–Trinajstić information content (AvgIpc) is 2.97. The van der Waals surface area contributed by atoms with Gasteiger partial charge in [0.1, 0.15) is 0 Å². The van der Waals surface area contributed by atoms with E-state index in [9.17, 15) is 9.59 Å². The number of hydrogen-bond acceptors (Lipinski definition) is 3. The number of nitrogens with zero attached hydrogens (tertiary/aromatic N) is 3. The largest absolute Gasteiger partial charge is 0.339 e. The molecule has 188 valence electrons. The summed E-state index contributed by atoms with van der Waals surface area (Å²) in [6, 6.07) is 26.3. The second kappa shape index (κ2) is 11.4. The summed E-state index contributed by atoms with van der Waals surface area (Å²) < 4.78 is 0. The van der Waals surface area contributed by atoms with Gasteiger partial charge in [0.2, 0.25) is 5.91 Å². The molecule has 3 aromatic carbocycles. The molecule has 5 rings (SSSR count). The van der Waals surface area contributed by atoms with Gasteiger partial charge in [0.15, 0.2) is 0 Å². The van der Waals surface area contributed by atoms with E-state index in [1.165, 1.54) is 5.56 Å². The first-order chi connectivity index (χ1) is 18.1. The number of pyridine rings is 1. The minimum atomic E-state index is -0.0943. The first-order valence-electron chi connectivity index (χ1n) is 13.1. The van der Waals surface area contributed by atoms with Gasteiger partial charge >= 0.3 is 0 Å². The minimum absolute atomic E-state index is 0.0472. The van der Waals surface area contributed by atoms with Crippen molar-refractivity contribution in [1.82, 2.24) is 14.8 Å². The minimum Gasteiger partial charge on any atom is -0.339 e. The fourth-order valence-electron chi connectivity index (χ4n) is 5.19. The molecule has 1 aromatic heterocycles. The van der Waals surface area contributed by atoms with E-state index in [0.717, 1.165) is 33.9 Å². The number of carbonyl (C=O) groups is 2. The molecule has 5 heteroatoms. The lowest BCUT2D eigenvalue weighted by molar-refractivity contribution is -0.138. The Morgan fingerprint density at radius 3 is 2.27 bits per heavy atom. The Hall–Kier alpha value is -3.99. The van der Waals surface area contributed by atoms with E-state index < -0.39 is 0 Å². The van der Waals surface area contributed by atoms with Crippen molar-refractivity contribution in [2.45, 2.75) is 39.3 Å². The van der Waals surface area contributed by atoms with E-state index in [1.54, 1.807) is 6.20 Å². The van der Waals surface area contributed by atoms with Gasteiger partial charge in [-0.2, -0.15) is 0 Å². The summed E-state index contributed by atoms with van der Waals surface area (Å²) >= 11 is 0. The summed E-state index contributed by atoms with van der Waals surface area (Å²) in [5.74, 6) is 0.106. The first kappa shape index (κ1) is 24.7. The number of amides is 2. The Morgan fingerprint density at radius 1 is 0.838 bits per heavy atom. The summed E-state index contributed by atoms with van der Waals surface area (Å²) in [6.07, 6.45) is 5.92. The van der Waals surface area contributed by atoms with Crippen LogP contribution < -0.4 is 0 Å². The van der Waals surface area contributed by atoms with Crippen molar-refractivity contribution in [2.75, 3.05) is 13.1 Å². The number of fused-ring (bicyclic) bond motifs is 1. The van der Waals surface area contributed by atoms with Crippen LogP contribution in [0.3, 0.4) is 0 Å². The molecule has 0 bridgehead atoms. The van der Waals surface area contributed by atoms with Crippen molar-refractivity contribution < 1.29 is 9.59 Å². The summed E-state index contributed by atoms with van der Waals surface area (Å²) in [5.41, 5.74) is 4.16. The molecular weight excluding hydrogens is 458 g/mol. The summed E-state index contributed by atoms with van der Waals surface area (Å²) in [4.78, 5) is 35.2. The van der Waals surface area contributed by atoms with Crippen LogP contribution in [0, 0.1) is 5.92 Å². The number of aromatic nitrogens is 1. The lowest BCUT2D eigenvalue weighted by Gasteiger charge is -2.34. The molecule has 0 spiro atoms. The molecule has 0 unspecified atom stereocenters. The SMILES string of the molecule is CCc1ccc(CN(Cc2cccnc2)C(=O)C2CCN(C(=O)c3cccc4ccccc34)CC2)cc1. The third-order valence-electron chi connectivity index (χ3n) is 7.36. The Bertz CT molecular complexity index is 1350. The normalized spacial score (nSPS) is 14.0. The molecule has 5 nitrogen and oxygen atoms in total. The standard InChI is InChI=1S/C32H33N3O2/c1-2-24-12-14-25(15-13-24)22-35(23-26-7-6-18-33-21-26)31(36)28-16-19-34(20-17-28)32(37)30-11-5-9-27-8-3-4-10-29(27)30/h3-15,18,21,28H,2,16-17,19-20,22-23H2,1H3. The maximum atomic E-state index is 13.8. The highest BCUT2D eigenvalue weighted by Crippen LogP contribution is 2.26. The van der Waals surface area contributed by atoms with E-state index in [0.29, 0.717) is 39.0 Å². The van der Waals surface area contributed by atoms with Gasteiger partial charge in [-0.1, -0.05) is 73.7 Å². The second-order valence-corrected chi connectivity index (χ2v) is 9.82. The van der Waals surface area contributed by atoms with Crippen LogP contribution in [0.1, 0.15) is 46.8 Å². The number of carbonyl (C=O) groups excluding carboxylic acids is 2. The quantitative estimate of drug-likeness (QED) is 0.324. The van der Waals surface area contributed by atoms with E-state index in [2.05, 4.69) is 36.2 Å². The van der Waals surface area contributed by atoms with Gasteiger partial charge in [-0.15, -0.1) is 0 Å². The highest BCUT2D eigenvalue weighted by Gasteiger charge is 2.31. The van der Waals surface area contributed by atoms with Gasteiger partial charge in [-0.05, 0) is 58.9 Å². The maximum absolute atomic E-state index is 13.8. The summed E-state index contributed by atoms with van der Waals surface area (Å²) in [5, 5.41) is 2.04. The molecule has 0 N–H and O–H groups in total. The third-order valence-corrected chi connectivity index (χ3v) is 7.36. The highest BCUT2D eigenvalue weighted by atomic mass is 16.2. The summed E-state index contributed by atoms with van der Waals surface area (Å²) in [6.45, 7) is 4.41. The number of rotatable bonds is 7. The molecule has 4 aromatic rings. The number of hydrogen-bond donors (Lipinski definition) is 0. The van der Waals surface area contributed by atoms with Gasteiger partial charge in [0.05, 0.1) is 0 Å². The van der Waals surface area contributed by atoms with Gasteiger partial charge < -0.3 is 9.80 Å². The predicted octanol–water partition coefficient (Wildman–Crippen LogP) is 5.88. The second-order valence-electron chi connectivity index (χ2n) is 9.82. The van der Waals surface area contributed by atoms with Crippen molar-refractivity contribution in [3.8, 4) is 0 Å². The third kappa shape index (κ3) is 5.72. The molecule has 2 heterocycles. The zero-order chi connectivity index (χ0) is 25.6. The molecule has 0 saturated carbocycles. The van der Waals surface area contributed by atoms with E-state index in [4.69, 9.17) is 0 Å². The predicted molar refractivity (Wildman–Crippen MR) is 147 cm³/mol. The van der Waals surface area contributed by atoms with Gasteiger partial charge in [0, 0.05) is 50.1 Å². The molecule has 0 aliphatic carbocycles. The Labute approximate surface area is 218 Å². The molecule has 1 fully saturated rings. The summed E-state index contributed by atoms with van der Waals surface area (Å²) in [7, 11) is 0. The van der Waals surface area contributed by atoms with Crippen molar-refractivity contribution in [3.05, 3.63) is 114 Å². The fourth-order valence-corrected chi connectivity index (χ4v) is 5.19. The van der Waals surface area contributed by atoms with Crippen molar-refractivity contribution in [2.24, 2.45) is 5.92 Å². The number of aryl methyl sites for hydroxylation is 1. The Balaban J connectivity index is 1.28. The van der Waals surface area contributed by atoms with Crippen molar-refractivity contribution in [1.29, 1.82) is 0 Å². The van der Waals surface area contributed by atoms with E-state index >= 15 is 0 Å². The zero-order valence-electron chi connectivity index (χ0n) is 21.3. The average molecular weight is 492 g/mol. The van der Waals surface area contributed by atoms with Crippen LogP contribution in [-0.2, 0) is 24.3 Å². The Morgan fingerprint density at radius 2 is 1.54 bits per heavy atom. The van der Waals surface area contributed by atoms with Crippen LogP contribution in [0.15, 0.2) is 91.3 Å². The van der Waals surface area contributed by atoms with Crippen LogP contribution in [0.2, 0.25) is 0 Å². The van der Waals surface area contributed by atoms with Gasteiger partial charge in [-0.3, -0.25) is 14.6 Å². The highest BCUT2D eigenvalue weighted by molar-refractivity contribution is 6.07. The molecule has 1 aliphatic heterocycles. The monoisotopic (exact) mass is 491 g/mol. The number of benzene rings is 3. The van der Waals surface area contributed by atoms with Crippen LogP contribution >= 0.6 is 0 Å². The molecule has 0 atom stereocenters. The van der Waals surface area contributed by atoms with E-state index in [1.807, 2.05) is 70.6 Å². The zero-order valence-corrected chi connectivity index (χ0v) is 21.3. The smallest absolute Gasteiger partial charge is 0.254 e. The first-order valence-corrected chi connectivity index (χ1v) is 13.1.